The predicted molar refractivity (Wildman–Crippen MR) is 96.6 cm³/mol. The minimum atomic E-state index is -0.505. The van der Waals surface area contributed by atoms with E-state index in [1.807, 2.05) is 0 Å². The first-order chi connectivity index (χ1) is 11.5. The van der Waals surface area contributed by atoms with Gasteiger partial charge in [0.05, 0.1) is 0 Å². The van der Waals surface area contributed by atoms with E-state index < -0.39 is 11.6 Å². The fourth-order valence-electron chi connectivity index (χ4n) is 3.27. The highest BCUT2D eigenvalue weighted by Crippen LogP contribution is 2.27. The lowest BCUT2D eigenvalue weighted by Gasteiger charge is -2.29. The Bertz CT molecular complexity index is 748. The molecule has 2 aromatic rings. The number of hydrogen-bond donors (Lipinski definition) is 1. The van der Waals surface area contributed by atoms with Gasteiger partial charge in [-0.3, -0.25) is 4.79 Å². The molecule has 0 unspecified atom stereocenters. The first-order valence-electron chi connectivity index (χ1n) is 8.15. The number of benzene rings is 2. The molecule has 6 heteroatoms. The molecule has 2 N–H and O–H groups in total. The molecule has 1 aliphatic carbocycles. The van der Waals surface area contributed by atoms with Gasteiger partial charge in [-0.1, -0.05) is 18.9 Å². The third-order valence-corrected chi connectivity index (χ3v) is 4.51. The van der Waals surface area contributed by atoms with Gasteiger partial charge in [0.15, 0.2) is 0 Å². The van der Waals surface area contributed by atoms with Gasteiger partial charge < -0.3 is 10.6 Å². The zero-order chi connectivity index (χ0) is 17.1. The summed E-state index contributed by atoms with van der Waals surface area (Å²) in [5, 5.41) is 0. The van der Waals surface area contributed by atoms with Crippen LogP contribution in [-0.2, 0) is 6.54 Å². The second-order valence-electron chi connectivity index (χ2n) is 6.23. The fourth-order valence-corrected chi connectivity index (χ4v) is 3.27. The minimum Gasteiger partial charge on any atom is -0.399 e. The number of hydrogen-bond acceptors (Lipinski definition) is 2. The van der Waals surface area contributed by atoms with Crippen molar-refractivity contribution in [1.29, 1.82) is 0 Å². The molecule has 0 aromatic heterocycles. The van der Waals surface area contributed by atoms with Gasteiger partial charge in [-0.15, -0.1) is 12.4 Å². The van der Waals surface area contributed by atoms with E-state index in [1.165, 1.54) is 0 Å². The highest BCUT2D eigenvalue weighted by atomic mass is 35.5. The van der Waals surface area contributed by atoms with Crippen LogP contribution in [0.5, 0.6) is 0 Å². The Balaban J connectivity index is 0.00000225. The summed E-state index contributed by atoms with van der Waals surface area (Å²) in [6, 6.07) is 10.1. The Hall–Kier alpha value is -2.14. The minimum absolute atomic E-state index is 0. The van der Waals surface area contributed by atoms with Crippen molar-refractivity contribution in [3.63, 3.8) is 0 Å². The molecule has 2 aromatic carbocycles. The van der Waals surface area contributed by atoms with Crippen LogP contribution in [0.15, 0.2) is 42.5 Å². The predicted octanol–water partition coefficient (Wildman–Crippen LogP) is 4.55. The van der Waals surface area contributed by atoms with Crippen LogP contribution in [0.2, 0.25) is 0 Å². The zero-order valence-electron chi connectivity index (χ0n) is 13.8. The summed E-state index contributed by atoms with van der Waals surface area (Å²) < 4.78 is 27.5. The number of carbonyl (C=O) groups excluding carboxylic acids is 1. The molecule has 1 saturated carbocycles. The number of carbonyl (C=O) groups is 1. The van der Waals surface area contributed by atoms with Crippen LogP contribution in [-0.4, -0.2) is 16.8 Å². The first-order valence-corrected chi connectivity index (χ1v) is 8.15. The molecule has 0 saturated heterocycles. The van der Waals surface area contributed by atoms with Crippen LogP contribution in [0.3, 0.4) is 0 Å². The largest absolute Gasteiger partial charge is 0.399 e. The highest BCUT2D eigenvalue weighted by Gasteiger charge is 2.28. The molecule has 0 spiro atoms. The van der Waals surface area contributed by atoms with Crippen LogP contribution < -0.4 is 5.73 Å². The summed E-state index contributed by atoms with van der Waals surface area (Å²) in [6.45, 7) is 0.0574. The van der Waals surface area contributed by atoms with Crippen molar-refractivity contribution in [2.45, 2.75) is 38.3 Å². The molecular formula is C19H21ClF2N2O. The average molecular weight is 367 g/mol. The first kappa shape index (κ1) is 19.2. The van der Waals surface area contributed by atoms with Gasteiger partial charge in [0.2, 0.25) is 0 Å². The van der Waals surface area contributed by atoms with Crippen LogP contribution in [0.25, 0.3) is 0 Å². The van der Waals surface area contributed by atoms with E-state index in [2.05, 4.69) is 0 Å². The molecule has 1 fully saturated rings. The number of nitrogens with two attached hydrogens (primary N) is 1. The van der Waals surface area contributed by atoms with Crippen molar-refractivity contribution in [1.82, 2.24) is 4.90 Å². The van der Waals surface area contributed by atoms with Gasteiger partial charge in [-0.05, 0) is 49.2 Å². The Morgan fingerprint density at radius 2 is 1.84 bits per heavy atom. The monoisotopic (exact) mass is 366 g/mol. The number of amides is 1. The van der Waals surface area contributed by atoms with E-state index in [0.717, 1.165) is 43.9 Å². The standard InChI is InChI=1S/C19H20F2N2O.ClH/c20-15-8-9-18(21)14(10-15)12-23(17-6-1-2-7-17)19(24)13-4-3-5-16(22)11-13;/h3-5,8-11,17H,1-2,6-7,12,22H2;1H. The van der Waals surface area contributed by atoms with Crippen molar-refractivity contribution in [2.24, 2.45) is 0 Å². The molecule has 134 valence electrons. The lowest BCUT2D eigenvalue weighted by atomic mass is 10.1. The summed E-state index contributed by atoms with van der Waals surface area (Å²) in [5.41, 5.74) is 6.93. The molecule has 0 bridgehead atoms. The Labute approximate surface area is 152 Å². The summed E-state index contributed by atoms with van der Waals surface area (Å²) >= 11 is 0. The third-order valence-electron chi connectivity index (χ3n) is 4.51. The number of nitrogen functional groups attached to an aromatic ring is 1. The van der Waals surface area contributed by atoms with Gasteiger partial charge in [-0.2, -0.15) is 0 Å². The maximum absolute atomic E-state index is 14.0. The average Bonchev–Trinajstić information content (AvgIpc) is 3.09. The highest BCUT2D eigenvalue weighted by molar-refractivity contribution is 5.95. The topological polar surface area (TPSA) is 46.3 Å². The van der Waals surface area contributed by atoms with Crippen LogP contribution >= 0.6 is 12.4 Å². The van der Waals surface area contributed by atoms with Crippen LogP contribution in [0.4, 0.5) is 14.5 Å². The van der Waals surface area contributed by atoms with Crippen molar-refractivity contribution >= 4 is 24.0 Å². The Morgan fingerprint density at radius 1 is 1.12 bits per heavy atom. The van der Waals surface area contributed by atoms with Gasteiger partial charge >= 0.3 is 0 Å². The van der Waals surface area contributed by atoms with Crippen LogP contribution in [0.1, 0.15) is 41.6 Å². The molecule has 3 rings (SSSR count). The molecule has 0 radical (unpaired) electrons. The van der Waals surface area contributed by atoms with Crippen molar-refractivity contribution in [3.8, 4) is 0 Å². The molecule has 0 heterocycles. The molecular weight excluding hydrogens is 346 g/mol. The van der Waals surface area contributed by atoms with Gasteiger partial charge in [0.1, 0.15) is 11.6 Å². The summed E-state index contributed by atoms with van der Waals surface area (Å²) in [6.07, 6.45) is 3.84. The summed E-state index contributed by atoms with van der Waals surface area (Å²) in [7, 11) is 0. The normalized spacial score (nSPS) is 14.2. The number of rotatable bonds is 4. The van der Waals surface area contributed by atoms with Crippen molar-refractivity contribution < 1.29 is 13.6 Å². The van der Waals surface area contributed by atoms with Gasteiger partial charge in [0.25, 0.3) is 5.91 Å². The lowest BCUT2D eigenvalue weighted by molar-refractivity contribution is 0.0662. The van der Waals surface area contributed by atoms with Crippen LogP contribution in [0, 0.1) is 11.6 Å². The molecule has 0 atom stereocenters. The van der Waals surface area contributed by atoms with E-state index in [0.29, 0.717) is 11.3 Å². The van der Waals surface area contributed by atoms with Crippen molar-refractivity contribution in [3.05, 3.63) is 65.2 Å². The Morgan fingerprint density at radius 3 is 2.52 bits per heavy atom. The third kappa shape index (κ3) is 4.48. The van der Waals surface area contributed by atoms with Gasteiger partial charge in [0, 0.05) is 29.4 Å². The SMILES string of the molecule is Cl.Nc1cccc(C(=O)N(Cc2cc(F)ccc2F)C2CCCC2)c1. The second-order valence-corrected chi connectivity index (χ2v) is 6.23. The number of anilines is 1. The number of halogens is 3. The van der Waals surface area contributed by atoms with Gasteiger partial charge in [-0.25, -0.2) is 8.78 Å². The fraction of sp³-hybridized carbons (Fsp3) is 0.316. The number of nitrogens with zero attached hydrogens (tertiary/aromatic N) is 1. The quantitative estimate of drug-likeness (QED) is 0.806. The maximum atomic E-state index is 14.0. The van der Waals surface area contributed by atoms with E-state index in [1.54, 1.807) is 29.2 Å². The summed E-state index contributed by atoms with van der Waals surface area (Å²) in [4.78, 5) is 14.6. The zero-order valence-corrected chi connectivity index (χ0v) is 14.6. The molecule has 3 nitrogen and oxygen atoms in total. The molecule has 1 amide bonds. The van der Waals surface area contributed by atoms with E-state index in [4.69, 9.17) is 5.73 Å². The molecule has 0 aliphatic heterocycles. The van der Waals surface area contributed by atoms with E-state index >= 15 is 0 Å². The Kier molecular flexibility index (Phi) is 6.37. The smallest absolute Gasteiger partial charge is 0.254 e. The maximum Gasteiger partial charge on any atom is 0.254 e. The second kappa shape index (κ2) is 8.30. The van der Waals surface area contributed by atoms with E-state index in [9.17, 15) is 13.6 Å². The van der Waals surface area contributed by atoms with Crippen molar-refractivity contribution in [2.75, 3.05) is 5.73 Å². The molecule has 1 aliphatic rings. The summed E-state index contributed by atoms with van der Waals surface area (Å²) in [5.74, 6) is -1.20. The lowest BCUT2D eigenvalue weighted by Crippen LogP contribution is -2.38. The molecule has 25 heavy (non-hydrogen) atoms. The van der Waals surface area contributed by atoms with E-state index in [-0.39, 0.29) is 36.5 Å².